The highest BCUT2D eigenvalue weighted by Crippen LogP contribution is 2.29. The Balaban J connectivity index is 2.26. The van der Waals surface area contributed by atoms with E-state index in [4.69, 9.17) is 28.5 Å². The standard InChI is InChI=1S/C15H11Cl2FN2/c1-9(12-7-11(16)3-4-13(12)17)20-15-5-2-10(8-19)6-14(15)18/h2-7,9,20H,1H3. The quantitative estimate of drug-likeness (QED) is 0.848. The Morgan fingerprint density at radius 2 is 1.95 bits per heavy atom. The van der Waals surface area contributed by atoms with Crippen molar-refractivity contribution < 1.29 is 4.39 Å². The summed E-state index contributed by atoms with van der Waals surface area (Å²) in [6.45, 7) is 1.86. The zero-order valence-corrected chi connectivity index (χ0v) is 12.1. The summed E-state index contributed by atoms with van der Waals surface area (Å²) in [5.74, 6) is -0.478. The molecule has 2 rings (SSSR count). The van der Waals surface area contributed by atoms with Crippen LogP contribution in [0.4, 0.5) is 10.1 Å². The molecule has 5 heteroatoms. The van der Waals surface area contributed by atoms with Crippen LogP contribution in [-0.2, 0) is 0 Å². The first-order valence-corrected chi connectivity index (χ1v) is 6.68. The van der Waals surface area contributed by atoms with Gasteiger partial charge in [-0.25, -0.2) is 4.39 Å². The van der Waals surface area contributed by atoms with Crippen LogP contribution in [0.1, 0.15) is 24.1 Å². The number of nitrogens with zero attached hydrogens (tertiary/aromatic N) is 1. The van der Waals surface area contributed by atoms with Crippen LogP contribution in [0.2, 0.25) is 10.0 Å². The molecule has 0 saturated heterocycles. The first-order chi connectivity index (χ1) is 9.51. The van der Waals surface area contributed by atoms with Gasteiger partial charge in [0.15, 0.2) is 0 Å². The van der Waals surface area contributed by atoms with Crippen molar-refractivity contribution in [2.45, 2.75) is 13.0 Å². The number of halogens is 3. The molecule has 0 aliphatic rings. The maximum atomic E-state index is 13.8. The molecule has 0 saturated carbocycles. The first kappa shape index (κ1) is 14.6. The van der Waals surface area contributed by atoms with Crippen LogP contribution in [-0.4, -0.2) is 0 Å². The van der Waals surface area contributed by atoms with Gasteiger partial charge >= 0.3 is 0 Å². The molecular weight excluding hydrogens is 298 g/mol. The molecule has 2 nitrogen and oxygen atoms in total. The van der Waals surface area contributed by atoms with Crippen LogP contribution in [0.5, 0.6) is 0 Å². The molecule has 0 bridgehead atoms. The van der Waals surface area contributed by atoms with Gasteiger partial charge in [-0.3, -0.25) is 0 Å². The molecule has 0 fully saturated rings. The number of hydrogen-bond acceptors (Lipinski definition) is 2. The molecule has 2 aromatic carbocycles. The second kappa shape index (κ2) is 6.13. The minimum Gasteiger partial charge on any atom is -0.376 e. The van der Waals surface area contributed by atoms with E-state index >= 15 is 0 Å². The van der Waals surface area contributed by atoms with Crippen molar-refractivity contribution in [3.05, 3.63) is 63.4 Å². The van der Waals surface area contributed by atoms with Crippen LogP contribution in [0.3, 0.4) is 0 Å². The molecule has 0 aliphatic carbocycles. The largest absolute Gasteiger partial charge is 0.376 e. The molecule has 2 aromatic rings. The van der Waals surface area contributed by atoms with Crippen molar-refractivity contribution in [3.63, 3.8) is 0 Å². The lowest BCUT2D eigenvalue weighted by molar-refractivity contribution is 0.627. The van der Waals surface area contributed by atoms with E-state index in [1.807, 2.05) is 13.0 Å². The van der Waals surface area contributed by atoms with Crippen molar-refractivity contribution in [1.29, 1.82) is 5.26 Å². The van der Waals surface area contributed by atoms with E-state index in [9.17, 15) is 4.39 Å². The van der Waals surface area contributed by atoms with E-state index in [-0.39, 0.29) is 11.6 Å². The Hall–Kier alpha value is -1.76. The van der Waals surface area contributed by atoms with Crippen LogP contribution in [0.25, 0.3) is 0 Å². The number of benzene rings is 2. The second-order valence-corrected chi connectivity index (χ2v) is 5.18. The lowest BCUT2D eigenvalue weighted by Gasteiger charge is -2.18. The maximum absolute atomic E-state index is 13.8. The van der Waals surface area contributed by atoms with Crippen molar-refractivity contribution in [1.82, 2.24) is 0 Å². The lowest BCUT2D eigenvalue weighted by atomic mass is 10.1. The van der Waals surface area contributed by atoms with Crippen molar-refractivity contribution in [2.75, 3.05) is 5.32 Å². The molecule has 1 atom stereocenters. The molecule has 1 N–H and O–H groups in total. The summed E-state index contributed by atoms with van der Waals surface area (Å²) in [5, 5.41) is 12.9. The van der Waals surface area contributed by atoms with Gasteiger partial charge < -0.3 is 5.32 Å². The fourth-order valence-corrected chi connectivity index (χ4v) is 2.32. The summed E-state index contributed by atoms with van der Waals surface area (Å²) in [6, 6.07) is 11.1. The molecule has 0 radical (unpaired) electrons. The monoisotopic (exact) mass is 308 g/mol. The third-order valence-electron chi connectivity index (χ3n) is 2.89. The van der Waals surface area contributed by atoms with E-state index in [0.29, 0.717) is 15.7 Å². The predicted octanol–water partition coefficient (Wildman–Crippen LogP) is 5.18. The molecule has 20 heavy (non-hydrogen) atoms. The molecule has 1 unspecified atom stereocenters. The van der Waals surface area contributed by atoms with Crippen molar-refractivity contribution in [3.8, 4) is 6.07 Å². The van der Waals surface area contributed by atoms with Gasteiger partial charge in [0.25, 0.3) is 0 Å². The van der Waals surface area contributed by atoms with E-state index in [1.165, 1.54) is 12.1 Å². The van der Waals surface area contributed by atoms with Gasteiger partial charge in [0.2, 0.25) is 0 Å². The zero-order chi connectivity index (χ0) is 14.7. The number of hydrogen-bond donors (Lipinski definition) is 1. The number of rotatable bonds is 3. The van der Waals surface area contributed by atoms with Gasteiger partial charge in [0.1, 0.15) is 5.82 Å². The van der Waals surface area contributed by atoms with Gasteiger partial charge in [-0.15, -0.1) is 0 Å². The van der Waals surface area contributed by atoms with Crippen LogP contribution >= 0.6 is 23.2 Å². The summed E-state index contributed by atoms with van der Waals surface area (Å²) in [4.78, 5) is 0. The van der Waals surface area contributed by atoms with E-state index < -0.39 is 5.82 Å². The summed E-state index contributed by atoms with van der Waals surface area (Å²) in [5.41, 5.74) is 1.37. The van der Waals surface area contributed by atoms with Crippen LogP contribution < -0.4 is 5.32 Å². The Kier molecular flexibility index (Phi) is 4.49. The third-order valence-corrected chi connectivity index (χ3v) is 3.47. The van der Waals surface area contributed by atoms with Gasteiger partial charge in [-0.05, 0) is 48.9 Å². The molecule has 0 heterocycles. The SMILES string of the molecule is CC(Nc1ccc(C#N)cc1F)c1cc(Cl)ccc1Cl. The Bertz CT molecular complexity index is 680. The van der Waals surface area contributed by atoms with Crippen LogP contribution in [0, 0.1) is 17.1 Å². The topological polar surface area (TPSA) is 35.8 Å². The summed E-state index contributed by atoms with van der Waals surface area (Å²) < 4.78 is 13.8. The van der Waals surface area contributed by atoms with Gasteiger partial charge in [0, 0.05) is 10.0 Å². The Labute approximate surface area is 126 Å². The molecule has 0 aliphatic heterocycles. The zero-order valence-electron chi connectivity index (χ0n) is 10.6. The van der Waals surface area contributed by atoms with E-state index in [1.54, 1.807) is 24.3 Å². The summed E-state index contributed by atoms with van der Waals surface area (Å²) in [7, 11) is 0. The van der Waals surface area contributed by atoms with Crippen LogP contribution in [0.15, 0.2) is 36.4 Å². The maximum Gasteiger partial charge on any atom is 0.147 e. The molecular formula is C15H11Cl2FN2. The minimum absolute atomic E-state index is 0.219. The average molecular weight is 309 g/mol. The predicted molar refractivity (Wildman–Crippen MR) is 79.6 cm³/mol. The average Bonchev–Trinajstić information content (AvgIpc) is 2.43. The first-order valence-electron chi connectivity index (χ1n) is 5.92. The van der Waals surface area contributed by atoms with Gasteiger partial charge in [-0.1, -0.05) is 23.2 Å². The number of anilines is 1. The fourth-order valence-electron chi connectivity index (χ4n) is 1.86. The van der Waals surface area contributed by atoms with Gasteiger partial charge in [-0.2, -0.15) is 5.26 Å². The highest BCUT2D eigenvalue weighted by atomic mass is 35.5. The molecule has 102 valence electrons. The summed E-state index contributed by atoms with van der Waals surface area (Å²) in [6.07, 6.45) is 0. The lowest BCUT2D eigenvalue weighted by Crippen LogP contribution is -2.08. The Morgan fingerprint density at radius 3 is 2.60 bits per heavy atom. The van der Waals surface area contributed by atoms with Gasteiger partial charge in [0.05, 0.1) is 23.4 Å². The fraction of sp³-hybridized carbons (Fsp3) is 0.133. The molecule has 0 amide bonds. The van der Waals surface area contributed by atoms with E-state index in [2.05, 4.69) is 5.32 Å². The molecule has 0 aromatic heterocycles. The normalized spacial score (nSPS) is 11.8. The highest BCUT2D eigenvalue weighted by Gasteiger charge is 2.12. The second-order valence-electron chi connectivity index (χ2n) is 4.34. The summed E-state index contributed by atoms with van der Waals surface area (Å²) >= 11 is 12.0. The smallest absolute Gasteiger partial charge is 0.147 e. The highest BCUT2D eigenvalue weighted by molar-refractivity contribution is 6.33. The van der Waals surface area contributed by atoms with Crippen molar-refractivity contribution >= 4 is 28.9 Å². The third kappa shape index (κ3) is 3.22. The van der Waals surface area contributed by atoms with Crippen molar-refractivity contribution in [2.24, 2.45) is 0 Å². The molecule has 0 spiro atoms. The van der Waals surface area contributed by atoms with E-state index in [0.717, 1.165) is 5.56 Å². The number of nitrogens with one attached hydrogen (secondary N) is 1. The minimum atomic E-state index is -0.478. The Morgan fingerprint density at radius 1 is 1.20 bits per heavy atom. The number of nitriles is 1.